The van der Waals surface area contributed by atoms with Gasteiger partial charge in [0.15, 0.2) is 0 Å². The van der Waals surface area contributed by atoms with Gasteiger partial charge in [0.1, 0.15) is 18.4 Å². The predicted octanol–water partition coefficient (Wildman–Crippen LogP) is -0.467. The Morgan fingerprint density at radius 1 is 1.43 bits per heavy atom. The molecule has 1 aliphatic heterocycles. The SMILES string of the molecule is CNC(C)C#CCOc1ccc(S(=O)(=O)N2CCNC(C)C2C(=O)NO)cc1. The number of carbonyl (C=O) groups is 1. The maximum atomic E-state index is 13.0. The van der Waals surface area contributed by atoms with Crippen molar-refractivity contribution in [3.8, 4) is 17.6 Å². The summed E-state index contributed by atoms with van der Waals surface area (Å²) >= 11 is 0. The molecule has 1 amide bonds. The van der Waals surface area contributed by atoms with Crippen LogP contribution in [0.2, 0.25) is 0 Å². The minimum Gasteiger partial charge on any atom is -0.481 e. The summed E-state index contributed by atoms with van der Waals surface area (Å²) in [4.78, 5) is 12.0. The molecule has 1 saturated heterocycles. The van der Waals surface area contributed by atoms with Gasteiger partial charge in [-0.05, 0) is 45.2 Å². The number of benzene rings is 1. The number of carbonyl (C=O) groups excluding carboxylic acids is 1. The third kappa shape index (κ3) is 5.21. The van der Waals surface area contributed by atoms with E-state index in [4.69, 9.17) is 9.94 Å². The van der Waals surface area contributed by atoms with Crippen LogP contribution in [0.4, 0.5) is 0 Å². The number of sulfonamides is 1. The molecule has 4 N–H and O–H groups in total. The van der Waals surface area contributed by atoms with Gasteiger partial charge in [0, 0.05) is 19.1 Å². The summed E-state index contributed by atoms with van der Waals surface area (Å²) in [6.45, 7) is 4.32. The van der Waals surface area contributed by atoms with Gasteiger partial charge >= 0.3 is 0 Å². The van der Waals surface area contributed by atoms with Gasteiger partial charge in [0.05, 0.1) is 10.9 Å². The second-order valence-corrected chi connectivity index (χ2v) is 8.26. The molecule has 0 saturated carbocycles. The van der Waals surface area contributed by atoms with Crippen molar-refractivity contribution in [2.75, 3.05) is 26.7 Å². The fraction of sp³-hybridized carbons (Fsp3) is 0.500. The average molecular weight is 410 g/mol. The molecule has 9 nitrogen and oxygen atoms in total. The summed E-state index contributed by atoms with van der Waals surface area (Å²) in [5.41, 5.74) is 1.55. The van der Waals surface area contributed by atoms with Crippen molar-refractivity contribution in [1.29, 1.82) is 0 Å². The Bertz CT molecular complexity index is 832. The lowest BCUT2D eigenvalue weighted by Crippen LogP contribution is -2.63. The number of hydrogen-bond acceptors (Lipinski definition) is 7. The molecule has 1 fully saturated rings. The van der Waals surface area contributed by atoms with Crippen LogP contribution in [-0.2, 0) is 14.8 Å². The number of hydrogen-bond donors (Lipinski definition) is 4. The lowest BCUT2D eigenvalue weighted by Gasteiger charge is -2.37. The first kappa shape index (κ1) is 22.1. The Hall–Kier alpha value is -2.16. The molecule has 1 aliphatic rings. The summed E-state index contributed by atoms with van der Waals surface area (Å²) < 4.78 is 32.6. The number of hydroxylamine groups is 1. The molecule has 154 valence electrons. The lowest BCUT2D eigenvalue weighted by molar-refractivity contribution is -0.134. The number of piperazine rings is 1. The maximum Gasteiger partial charge on any atom is 0.263 e. The molecule has 0 radical (unpaired) electrons. The summed E-state index contributed by atoms with van der Waals surface area (Å²) in [6, 6.07) is 4.50. The molecule has 28 heavy (non-hydrogen) atoms. The summed E-state index contributed by atoms with van der Waals surface area (Å²) in [5.74, 6) is 5.54. The van der Waals surface area contributed by atoms with Gasteiger partial charge < -0.3 is 15.4 Å². The van der Waals surface area contributed by atoms with Crippen LogP contribution in [0.25, 0.3) is 0 Å². The van der Waals surface area contributed by atoms with E-state index in [-0.39, 0.29) is 24.1 Å². The monoisotopic (exact) mass is 410 g/mol. The molecule has 1 heterocycles. The van der Waals surface area contributed by atoms with Crippen LogP contribution in [0.15, 0.2) is 29.2 Å². The van der Waals surface area contributed by atoms with Crippen molar-refractivity contribution >= 4 is 15.9 Å². The molecular formula is C18H26N4O5S. The van der Waals surface area contributed by atoms with Crippen molar-refractivity contribution in [2.45, 2.75) is 36.9 Å². The Balaban J connectivity index is 2.14. The molecule has 1 aromatic carbocycles. The highest BCUT2D eigenvalue weighted by atomic mass is 32.2. The zero-order valence-electron chi connectivity index (χ0n) is 16.1. The third-order valence-electron chi connectivity index (χ3n) is 4.45. The predicted molar refractivity (Wildman–Crippen MR) is 103 cm³/mol. The molecule has 0 bridgehead atoms. The van der Waals surface area contributed by atoms with Crippen molar-refractivity contribution in [2.24, 2.45) is 0 Å². The second-order valence-electron chi connectivity index (χ2n) is 6.37. The smallest absolute Gasteiger partial charge is 0.263 e. The fourth-order valence-electron chi connectivity index (χ4n) is 2.83. The Labute approximate surface area is 165 Å². The number of nitrogens with zero attached hydrogens (tertiary/aromatic N) is 1. The van der Waals surface area contributed by atoms with Crippen molar-refractivity contribution in [3.05, 3.63) is 24.3 Å². The van der Waals surface area contributed by atoms with Crippen LogP contribution in [-0.4, -0.2) is 68.7 Å². The number of amides is 1. The molecule has 1 aromatic rings. The molecule has 0 spiro atoms. The van der Waals surface area contributed by atoms with Gasteiger partial charge in [-0.1, -0.05) is 11.8 Å². The van der Waals surface area contributed by atoms with Gasteiger partial charge in [-0.25, -0.2) is 13.9 Å². The van der Waals surface area contributed by atoms with Gasteiger partial charge in [-0.3, -0.25) is 10.0 Å². The highest BCUT2D eigenvalue weighted by Crippen LogP contribution is 2.24. The molecule has 10 heteroatoms. The minimum atomic E-state index is -3.93. The van der Waals surface area contributed by atoms with E-state index in [0.29, 0.717) is 12.3 Å². The second kappa shape index (κ2) is 9.86. The Morgan fingerprint density at radius 2 is 2.11 bits per heavy atom. The van der Waals surface area contributed by atoms with Crippen molar-refractivity contribution < 1.29 is 23.2 Å². The summed E-state index contributed by atoms with van der Waals surface area (Å²) in [6.07, 6.45) is 0. The van der Waals surface area contributed by atoms with Crippen molar-refractivity contribution in [1.82, 2.24) is 20.4 Å². The molecule has 3 atom stereocenters. The first-order chi connectivity index (χ1) is 13.3. The third-order valence-corrected chi connectivity index (χ3v) is 6.35. The van der Waals surface area contributed by atoms with Crippen LogP contribution >= 0.6 is 0 Å². The van der Waals surface area contributed by atoms with Crippen LogP contribution < -0.4 is 20.9 Å². The van der Waals surface area contributed by atoms with E-state index < -0.39 is 28.0 Å². The average Bonchev–Trinajstić information content (AvgIpc) is 2.70. The maximum absolute atomic E-state index is 13.0. The molecule has 0 aliphatic carbocycles. The van der Waals surface area contributed by atoms with Crippen molar-refractivity contribution in [3.63, 3.8) is 0 Å². The van der Waals surface area contributed by atoms with Crippen LogP contribution in [0, 0.1) is 11.8 Å². The van der Waals surface area contributed by atoms with Crippen LogP contribution in [0.5, 0.6) is 5.75 Å². The zero-order valence-corrected chi connectivity index (χ0v) is 16.9. The fourth-order valence-corrected chi connectivity index (χ4v) is 4.49. The lowest BCUT2D eigenvalue weighted by atomic mass is 10.1. The zero-order chi connectivity index (χ0) is 20.7. The van der Waals surface area contributed by atoms with Crippen LogP contribution in [0.3, 0.4) is 0 Å². The normalized spacial score (nSPS) is 21.3. The first-order valence-electron chi connectivity index (χ1n) is 8.89. The topological polar surface area (TPSA) is 120 Å². The van der Waals surface area contributed by atoms with E-state index >= 15 is 0 Å². The van der Waals surface area contributed by atoms with Gasteiger partial charge in [0.2, 0.25) is 10.0 Å². The molecule has 3 unspecified atom stereocenters. The Kier molecular flexibility index (Phi) is 7.79. The summed E-state index contributed by atoms with van der Waals surface area (Å²) in [7, 11) is -2.11. The van der Waals surface area contributed by atoms with E-state index in [1.165, 1.54) is 12.1 Å². The largest absolute Gasteiger partial charge is 0.481 e. The van der Waals surface area contributed by atoms with E-state index in [1.54, 1.807) is 24.5 Å². The van der Waals surface area contributed by atoms with E-state index in [9.17, 15) is 13.2 Å². The minimum absolute atomic E-state index is 0.0413. The highest BCUT2D eigenvalue weighted by Gasteiger charge is 2.41. The molecular weight excluding hydrogens is 384 g/mol. The molecule has 2 rings (SSSR count). The first-order valence-corrected chi connectivity index (χ1v) is 10.3. The number of rotatable bonds is 6. The van der Waals surface area contributed by atoms with Crippen LogP contribution in [0.1, 0.15) is 13.8 Å². The highest BCUT2D eigenvalue weighted by molar-refractivity contribution is 7.89. The van der Waals surface area contributed by atoms with Gasteiger partial charge in [0.25, 0.3) is 5.91 Å². The molecule has 0 aromatic heterocycles. The van der Waals surface area contributed by atoms with E-state index in [0.717, 1.165) is 4.31 Å². The summed E-state index contributed by atoms with van der Waals surface area (Å²) in [5, 5.41) is 15.0. The standard InChI is InChI=1S/C18H26N4O5S/c1-13(19-3)5-4-12-27-15-6-8-16(9-7-15)28(25,26)22-11-10-20-14(2)17(22)18(23)21-24/h6-9,13-14,17,19-20,24H,10-12H2,1-3H3,(H,21,23). The Morgan fingerprint density at radius 3 is 2.71 bits per heavy atom. The number of nitrogens with one attached hydrogen (secondary N) is 3. The van der Waals surface area contributed by atoms with E-state index in [1.807, 2.05) is 14.0 Å². The van der Waals surface area contributed by atoms with Gasteiger partial charge in [-0.2, -0.15) is 4.31 Å². The number of ether oxygens (including phenoxy) is 1. The quantitative estimate of drug-likeness (QED) is 0.284. The van der Waals surface area contributed by atoms with Gasteiger partial charge in [-0.15, -0.1) is 0 Å². The van der Waals surface area contributed by atoms with E-state index in [2.05, 4.69) is 22.5 Å².